The number of hydrogen-bond acceptors (Lipinski definition) is 4. The Labute approximate surface area is 144 Å². The van der Waals surface area contributed by atoms with Crippen LogP contribution in [0, 0.1) is 5.92 Å². The summed E-state index contributed by atoms with van der Waals surface area (Å²) in [5.74, 6) is 1.41. The maximum absolute atomic E-state index is 6.16. The molecule has 2 aliphatic rings. The molecule has 128 valence electrons. The van der Waals surface area contributed by atoms with Crippen LogP contribution in [0.15, 0.2) is 24.3 Å². The summed E-state index contributed by atoms with van der Waals surface area (Å²) < 4.78 is 11.3. The number of para-hydroxylation sites is 1. The number of hydrogen-bond donors (Lipinski definition) is 0. The van der Waals surface area contributed by atoms with Crippen molar-refractivity contribution in [1.29, 1.82) is 0 Å². The fourth-order valence-electron chi connectivity index (χ4n) is 3.37. The molecule has 4 nitrogen and oxygen atoms in total. The molecule has 0 amide bonds. The molecule has 0 aromatic heterocycles. The second kappa shape index (κ2) is 8.88. The van der Waals surface area contributed by atoms with Crippen LogP contribution in [0.4, 0.5) is 0 Å². The van der Waals surface area contributed by atoms with Gasteiger partial charge in [0.15, 0.2) is 0 Å². The van der Waals surface area contributed by atoms with Crippen molar-refractivity contribution in [3.63, 3.8) is 0 Å². The minimum atomic E-state index is 0.602. The molecule has 0 aliphatic carbocycles. The summed E-state index contributed by atoms with van der Waals surface area (Å²) in [6, 6.07) is 7.73. The summed E-state index contributed by atoms with van der Waals surface area (Å²) in [5.41, 5.74) is 0. The molecule has 0 unspecified atom stereocenters. The van der Waals surface area contributed by atoms with E-state index in [0.717, 1.165) is 58.3 Å². The summed E-state index contributed by atoms with van der Waals surface area (Å²) in [7, 11) is 0. The predicted octanol–water partition coefficient (Wildman–Crippen LogP) is 2.76. The molecule has 2 fully saturated rings. The van der Waals surface area contributed by atoms with E-state index in [-0.39, 0.29) is 0 Å². The Morgan fingerprint density at radius 1 is 1.09 bits per heavy atom. The molecule has 0 spiro atoms. The first-order valence-corrected chi connectivity index (χ1v) is 9.09. The molecule has 2 saturated heterocycles. The summed E-state index contributed by atoms with van der Waals surface area (Å²) >= 11 is 6.16. The Balaban J connectivity index is 1.40. The highest BCUT2D eigenvalue weighted by atomic mass is 35.5. The number of piperidine rings is 1. The van der Waals surface area contributed by atoms with Crippen LogP contribution in [0.3, 0.4) is 0 Å². The van der Waals surface area contributed by atoms with E-state index in [1.54, 1.807) is 0 Å². The number of morpholine rings is 1. The van der Waals surface area contributed by atoms with Crippen molar-refractivity contribution in [2.75, 3.05) is 59.1 Å². The molecule has 3 rings (SSSR count). The Bertz CT molecular complexity index is 480. The van der Waals surface area contributed by atoms with Crippen molar-refractivity contribution >= 4 is 11.6 Å². The number of benzene rings is 1. The number of halogens is 1. The van der Waals surface area contributed by atoms with E-state index < -0.39 is 0 Å². The quantitative estimate of drug-likeness (QED) is 0.796. The Morgan fingerprint density at radius 2 is 1.87 bits per heavy atom. The third kappa shape index (κ3) is 5.35. The van der Waals surface area contributed by atoms with E-state index >= 15 is 0 Å². The van der Waals surface area contributed by atoms with Gasteiger partial charge in [0.25, 0.3) is 0 Å². The predicted molar refractivity (Wildman–Crippen MR) is 93.4 cm³/mol. The highest BCUT2D eigenvalue weighted by molar-refractivity contribution is 6.32. The molecule has 0 N–H and O–H groups in total. The van der Waals surface area contributed by atoms with Gasteiger partial charge in [0.05, 0.1) is 24.8 Å². The van der Waals surface area contributed by atoms with Crippen LogP contribution in [0.5, 0.6) is 5.75 Å². The van der Waals surface area contributed by atoms with Crippen molar-refractivity contribution in [2.24, 2.45) is 5.92 Å². The minimum Gasteiger partial charge on any atom is -0.492 e. The fraction of sp³-hybridized carbons (Fsp3) is 0.667. The van der Waals surface area contributed by atoms with Crippen molar-refractivity contribution in [3.8, 4) is 5.75 Å². The minimum absolute atomic E-state index is 0.602. The van der Waals surface area contributed by atoms with Gasteiger partial charge in [-0.05, 0) is 31.5 Å². The van der Waals surface area contributed by atoms with E-state index in [2.05, 4.69) is 9.80 Å². The molecule has 2 heterocycles. The zero-order valence-corrected chi connectivity index (χ0v) is 14.5. The molecule has 1 aromatic rings. The third-order valence-corrected chi connectivity index (χ3v) is 5.06. The lowest BCUT2D eigenvalue weighted by molar-refractivity contribution is 0.0297. The average Bonchev–Trinajstić information content (AvgIpc) is 2.61. The third-order valence-electron chi connectivity index (χ3n) is 4.75. The SMILES string of the molecule is Clc1ccccc1OC[C@H]1CCCN(CCN2CCOCC2)C1. The molecule has 1 aromatic carbocycles. The summed E-state index contributed by atoms with van der Waals surface area (Å²) in [5, 5.41) is 0.701. The van der Waals surface area contributed by atoms with Gasteiger partial charge in [-0.25, -0.2) is 0 Å². The van der Waals surface area contributed by atoms with Gasteiger partial charge in [0, 0.05) is 38.6 Å². The number of ether oxygens (including phenoxy) is 2. The molecule has 0 radical (unpaired) electrons. The maximum Gasteiger partial charge on any atom is 0.137 e. The second-order valence-electron chi connectivity index (χ2n) is 6.50. The van der Waals surface area contributed by atoms with Gasteiger partial charge in [-0.2, -0.15) is 0 Å². The second-order valence-corrected chi connectivity index (χ2v) is 6.91. The van der Waals surface area contributed by atoms with Crippen molar-refractivity contribution in [3.05, 3.63) is 29.3 Å². The van der Waals surface area contributed by atoms with E-state index in [1.807, 2.05) is 24.3 Å². The number of rotatable bonds is 6. The van der Waals surface area contributed by atoms with Crippen LogP contribution in [-0.2, 0) is 4.74 Å². The van der Waals surface area contributed by atoms with Crippen LogP contribution in [0.25, 0.3) is 0 Å². The van der Waals surface area contributed by atoms with Gasteiger partial charge in [-0.15, -0.1) is 0 Å². The largest absolute Gasteiger partial charge is 0.492 e. The summed E-state index contributed by atoms with van der Waals surface area (Å²) in [6.45, 7) is 9.34. The van der Waals surface area contributed by atoms with Gasteiger partial charge in [0.1, 0.15) is 5.75 Å². The highest BCUT2D eigenvalue weighted by Crippen LogP contribution is 2.25. The first-order valence-electron chi connectivity index (χ1n) is 8.71. The standard InChI is InChI=1S/C18H27ClN2O2/c19-17-5-1-2-6-18(17)23-15-16-4-3-7-21(14-16)9-8-20-10-12-22-13-11-20/h1-2,5-6,16H,3-4,7-15H2/t16-/m0/s1. The lowest BCUT2D eigenvalue weighted by Gasteiger charge is -2.35. The molecule has 23 heavy (non-hydrogen) atoms. The van der Waals surface area contributed by atoms with E-state index in [4.69, 9.17) is 21.1 Å². The van der Waals surface area contributed by atoms with Gasteiger partial charge in [-0.1, -0.05) is 23.7 Å². The maximum atomic E-state index is 6.16. The van der Waals surface area contributed by atoms with Gasteiger partial charge >= 0.3 is 0 Å². The molecule has 0 bridgehead atoms. The van der Waals surface area contributed by atoms with Crippen molar-refractivity contribution < 1.29 is 9.47 Å². The average molecular weight is 339 g/mol. The number of nitrogens with zero attached hydrogens (tertiary/aromatic N) is 2. The lowest BCUT2D eigenvalue weighted by Crippen LogP contribution is -2.44. The molecular weight excluding hydrogens is 312 g/mol. The first-order chi connectivity index (χ1) is 11.3. The van der Waals surface area contributed by atoms with E-state index in [0.29, 0.717) is 10.9 Å². The summed E-state index contributed by atoms with van der Waals surface area (Å²) in [4.78, 5) is 5.09. The lowest BCUT2D eigenvalue weighted by atomic mass is 9.99. The molecular formula is C18H27ClN2O2. The van der Waals surface area contributed by atoms with Crippen LogP contribution in [-0.4, -0.2) is 68.9 Å². The smallest absolute Gasteiger partial charge is 0.137 e. The zero-order chi connectivity index (χ0) is 15.9. The monoisotopic (exact) mass is 338 g/mol. The Hall–Kier alpha value is -0.810. The normalized spacial score (nSPS) is 23.8. The van der Waals surface area contributed by atoms with Gasteiger partial charge in [-0.3, -0.25) is 4.90 Å². The summed E-state index contributed by atoms with van der Waals surface area (Å²) in [6.07, 6.45) is 2.51. The van der Waals surface area contributed by atoms with Crippen molar-refractivity contribution in [1.82, 2.24) is 9.80 Å². The van der Waals surface area contributed by atoms with Crippen LogP contribution >= 0.6 is 11.6 Å². The fourth-order valence-corrected chi connectivity index (χ4v) is 3.56. The highest BCUT2D eigenvalue weighted by Gasteiger charge is 2.21. The molecule has 0 saturated carbocycles. The topological polar surface area (TPSA) is 24.9 Å². The van der Waals surface area contributed by atoms with Gasteiger partial charge in [0.2, 0.25) is 0 Å². The van der Waals surface area contributed by atoms with Crippen LogP contribution < -0.4 is 4.74 Å². The first kappa shape index (κ1) is 17.0. The molecule has 5 heteroatoms. The van der Waals surface area contributed by atoms with Crippen LogP contribution in [0.1, 0.15) is 12.8 Å². The zero-order valence-electron chi connectivity index (χ0n) is 13.8. The number of likely N-dealkylation sites (tertiary alicyclic amines) is 1. The molecule has 2 aliphatic heterocycles. The molecule has 1 atom stereocenters. The Morgan fingerprint density at radius 3 is 2.70 bits per heavy atom. The van der Waals surface area contributed by atoms with E-state index in [1.165, 1.54) is 19.4 Å². The Kier molecular flexibility index (Phi) is 6.57. The van der Waals surface area contributed by atoms with E-state index in [9.17, 15) is 0 Å². The van der Waals surface area contributed by atoms with Crippen LogP contribution in [0.2, 0.25) is 5.02 Å². The van der Waals surface area contributed by atoms with Crippen molar-refractivity contribution in [2.45, 2.75) is 12.8 Å². The van der Waals surface area contributed by atoms with Gasteiger partial charge < -0.3 is 14.4 Å².